The van der Waals surface area contributed by atoms with Crippen molar-refractivity contribution in [3.63, 3.8) is 0 Å². The molecule has 0 spiro atoms. The van der Waals surface area contributed by atoms with Crippen molar-refractivity contribution in [2.75, 3.05) is 0 Å². The molecule has 13 heavy (non-hydrogen) atoms. The van der Waals surface area contributed by atoms with Gasteiger partial charge in [0.15, 0.2) is 0 Å². The van der Waals surface area contributed by atoms with Crippen LogP contribution in [0.2, 0.25) is 0 Å². The van der Waals surface area contributed by atoms with Crippen molar-refractivity contribution in [1.82, 2.24) is 14.7 Å². The van der Waals surface area contributed by atoms with Crippen LogP contribution >= 0.6 is 15.9 Å². The average molecular weight is 242 g/mol. The summed E-state index contributed by atoms with van der Waals surface area (Å²) in [6, 6.07) is 1.89. The molecule has 0 bridgehead atoms. The maximum atomic E-state index is 5.05. The Morgan fingerprint density at radius 3 is 3.00 bits per heavy atom. The van der Waals surface area contributed by atoms with E-state index in [2.05, 4.69) is 26.1 Å². The van der Waals surface area contributed by atoms with Gasteiger partial charge >= 0.3 is 0 Å². The Kier molecular flexibility index (Phi) is 2.18. The van der Waals surface area contributed by atoms with Crippen molar-refractivity contribution in [1.29, 1.82) is 0 Å². The molecule has 4 nitrogen and oxygen atoms in total. The number of aromatic nitrogens is 3. The highest BCUT2D eigenvalue weighted by molar-refractivity contribution is 9.08. The zero-order chi connectivity index (χ0) is 9.26. The summed E-state index contributed by atoms with van der Waals surface area (Å²) < 4.78 is 6.95. The Balaban J connectivity index is 2.41. The van der Waals surface area contributed by atoms with Crippen LogP contribution in [0.3, 0.4) is 0 Å². The summed E-state index contributed by atoms with van der Waals surface area (Å²) >= 11 is 3.30. The summed E-state index contributed by atoms with van der Waals surface area (Å²) in [5.74, 6) is 0.816. The van der Waals surface area contributed by atoms with E-state index in [1.165, 1.54) is 0 Å². The van der Waals surface area contributed by atoms with Gasteiger partial charge in [-0.05, 0) is 0 Å². The van der Waals surface area contributed by atoms with Gasteiger partial charge in [0.05, 0.1) is 23.5 Å². The van der Waals surface area contributed by atoms with Crippen LogP contribution in [-0.2, 0) is 12.4 Å². The van der Waals surface area contributed by atoms with Crippen molar-refractivity contribution in [2.45, 2.75) is 5.33 Å². The molecule has 68 valence electrons. The molecule has 2 aromatic rings. The normalized spacial score (nSPS) is 10.6. The van der Waals surface area contributed by atoms with Crippen LogP contribution in [-0.4, -0.2) is 14.7 Å². The van der Waals surface area contributed by atoms with E-state index in [0.717, 1.165) is 17.1 Å². The first-order valence-electron chi connectivity index (χ1n) is 3.79. The molecule has 5 heteroatoms. The van der Waals surface area contributed by atoms with Gasteiger partial charge in [0.2, 0.25) is 0 Å². The summed E-state index contributed by atoms with van der Waals surface area (Å²) in [7, 11) is 1.92. The standard InChI is InChI=1S/C8H8BrN3O/c1-12-5-10-4-8(12)7-2-6(3-9)13-11-7/h2,4-5H,3H2,1H3. The highest BCUT2D eigenvalue weighted by atomic mass is 79.9. The fourth-order valence-corrected chi connectivity index (χ4v) is 1.36. The monoisotopic (exact) mass is 241 g/mol. The number of imidazole rings is 1. The van der Waals surface area contributed by atoms with Crippen LogP contribution in [0.15, 0.2) is 23.1 Å². The molecule has 0 amide bonds. The Bertz CT molecular complexity index is 407. The van der Waals surface area contributed by atoms with E-state index in [9.17, 15) is 0 Å². The lowest BCUT2D eigenvalue weighted by molar-refractivity contribution is 0.397. The molecule has 0 N–H and O–H groups in total. The van der Waals surface area contributed by atoms with E-state index in [1.807, 2.05) is 17.7 Å². The summed E-state index contributed by atoms with van der Waals surface area (Å²) in [6.45, 7) is 0. The van der Waals surface area contributed by atoms with E-state index >= 15 is 0 Å². The van der Waals surface area contributed by atoms with Crippen LogP contribution in [0.5, 0.6) is 0 Å². The van der Waals surface area contributed by atoms with Gasteiger partial charge in [-0.15, -0.1) is 0 Å². The van der Waals surface area contributed by atoms with Gasteiger partial charge in [-0.1, -0.05) is 21.1 Å². The summed E-state index contributed by atoms with van der Waals surface area (Å²) in [4.78, 5) is 4.00. The fraction of sp³-hybridized carbons (Fsp3) is 0.250. The van der Waals surface area contributed by atoms with Crippen molar-refractivity contribution < 1.29 is 4.52 Å². The number of rotatable bonds is 2. The highest BCUT2D eigenvalue weighted by Crippen LogP contribution is 2.18. The summed E-state index contributed by atoms with van der Waals surface area (Å²) in [5, 5.41) is 4.60. The fourth-order valence-electron chi connectivity index (χ4n) is 1.10. The second-order valence-corrected chi connectivity index (χ2v) is 3.26. The van der Waals surface area contributed by atoms with Gasteiger partial charge < -0.3 is 9.09 Å². The number of hydrogen-bond acceptors (Lipinski definition) is 3. The molecule has 2 heterocycles. The lowest BCUT2D eigenvalue weighted by atomic mass is 10.3. The summed E-state index contributed by atoms with van der Waals surface area (Å²) in [6.07, 6.45) is 3.49. The van der Waals surface area contributed by atoms with Gasteiger partial charge in [0.25, 0.3) is 0 Å². The van der Waals surface area contributed by atoms with Crippen LogP contribution in [0.4, 0.5) is 0 Å². The molecule has 0 aromatic carbocycles. The first-order chi connectivity index (χ1) is 6.31. The molecule has 0 aliphatic heterocycles. The third-order valence-corrected chi connectivity index (χ3v) is 2.32. The van der Waals surface area contributed by atoms with Gasteiger partial charge in [0, 0.05) is 13.1 Å². The van der Waals surface area contributed by atoms with Crippen molar-refractivity contribution in [3.05, 3.63) is 24.4 Å². The molecule has 0 aliphatic rings. The Morgan fingerprint density at radius 2 is 2.46 bits per heavy atom. The minimum Gasteiger partial charge on any atom is -0.360 e. The number of hydrogen-bond donors (Lipinski definition) is 0. The van der Waals surface area contributed by atoms with E-state index in [1.54, 1.807) is 12.5 Å². The van der Waals surface area contributed by atoms with Gasteiger partial charge in [-0.3, -0.25) is 0 Å². The van der Waals surface area contributed by atoms with Gasteiger partial charge in [0.1, 0.15) is 11.5 Å². The molecule has 0 fully saturated rings. The predicted molar refractivity (Wildman–Crippen MR) is 51.3 cm³/mol. The molecule has 0 saturated heterocycles. The molecule has 0 unspecified atom stereocenters. The maximum Gasteiger partial charge on any atom is 0.147 e. The number of nitrogens with zero attached hydrogens (tertiary/aromatic N) is 3. The Morgan fingerprint density at radius 1 is 1.62 bits per heavy atom. The smallest absolute Gasteiger partial charge is 0.147 e. The van der Waals surface area contributed by atoms with Crippen molar-refractivity contribution in [2.24, 2.45) is 7.05 Å². The SMILES string of the molecule is Cn1cncc1-c1cc(CBr)on1. The summed E-state index contributed by atoms with van der Waals surface area (Å²) in [5.41, 5.74) is 1.77. The van der Waals surface area contributed by atoms with Gasteiger partial charge in [-0.25, -0.2) is 4.98 Å². The van der Waals surface area contributed by atoms with E-state index in [-0.39, 0.29) is 0 Å². The topological polar surface area (TPSA) is 43.9 Å². The highest BCUT2D eigenvalue weighted by Gasteiger charge is 2.08. The van der Waals surface area contributed by atoms with Crippen molar-refractivity contribution >= 4 is 15.9 Å². The number of halogens is 1. The molecule has 2 rings (SSSR count). The first kappa shape index (κ1) is 8.50. The molecular formula is C8H8BrN3O. The lowest BCUT2D eigenvalue weighted by Crippen LogP contribution is -1.88. The van der Waals surface area contributed by atoms with E-state index < -0.39 is 0 Å². The Labute approximate surface area is 83.7 Å². The average Bonchev–Trinajstić information content (AvgIpc) is 2.71. The zero-order valence-electron chi connectivity index (χ0n) is 7.07. The minimum atomic E-state index is 0.678. The molecular weight excluding hydrogens is 234 g/mol. The lowest BCUT2D eigenvalue weighted by Gasteiger charge is -1.93. The maximum absolute atomic E-state index is 5.05. The Hall–Kier alpha value is -1.10. The molecule has 0 atom stereocenters. The van der Waals surface area contributed by atoms with E-state index in [4.69, 9.17) is 4.52 Å². The van der Waals surface area contributed by atoms with Crippen LogP contribution in [0.25, 0.3) is 11.4 Å². The molecule has 0 saturated carbocycles. The largest absolute Gasteiger partial charge is 0.360 e. The first-order valence-corrected chi connectivity index (χ1v) is 4.91. The molecule has 0 aliphatic carbocycles. The number of aryl methyl sites for hydroxylation is 1. The van der Waals surface area contributed by atoms with Crippen LogP contribution in [0, 0.1) is 0 Å². The van der Waals surface area contributed by atoms with Gasteiger partial charge in [-0.2, -0.15) is 0 Å². The third kappa shape index (κ3) is 1.51. The zero-order valence-corrected chi connectivity index (χ0v) is 8.65. The number of alkyl halides is 1. The third-order valence-electron chi connectivity index (χ3n) is 1.77. The molecule has 2 aromatic heterocycles. The second-order valence-electron chi connectivity index (χ2n) is 2.70. The predicted octanol–water partition coefficient (Wildman–Crippen LogP) is 1.97. The molecule has 0 radical (unpaired) electrons. The van der Waals surface area contributed by atoms with Crippen LogP contribution in [0.1, 0.15) is 5.76 Å². The van der Waals surface area contributed by atoms with Crippen molar-refractivity contribution in [3.8, 4) is 11.4 Å². The van der Waals surface area contributed by atoms with E-state index in [0.29, 0.717) is 5.33 Å². The quantitative estimate of drug-likeness (QED) is 0.756. The minimum absolute atomic E-state index is 0.678. The second kappa shape index (κ2) is 3.33. The van der Waals surface area contributed by atoms with Crippen LogP contribution < -0.4 is 0 Å².